The summed E-state index contributed by atoms with van der Waals surface area (Å²) in [5.74, 6) is 0. The molecular weight excluding hydrogens is 152 g/mol. The fourth-order valence-corrected chi connectivity index (χ4v) is 1.03. The van der Waals surface area contributed by atoms with Gasteiger partial charge in [0.25, 0.3) is 0 Å². The lowest BCUT2D eigenvalue weighted by atomic mass is 10.1. The molecule has 2 heteroatoms. The molecule has 0 fully saturated rings. The molecule has 0 aromatic carbocycles. The van der Waals surface area contributed by atoms with Crippen LogP contribution in [0.1, 0.15) is 39.0 Å². The van der Waals surface area contributed by atoms with Gasteiger partial charge in [0.05, 0.1) is 6.10 Å². The maximum absolute atomic E-state index is 8.51. The summed E-state index contributed by atoms with van der Waals surface area (Å²) >= 11 is 0. The molecule has 0 aromatic heterocycles. The molecule has 0 heterocycles. The number of unbranched alkanes of at least 4 members (excludes halogenated alkanes) is 4. The van der Waals surface area contributed by atoms with Crippen LogP contribution >= 0.6 is 0 Å². The number of ether oxygens (including phenoxy) is 1. The van der Waals surface area contributed by atoms with Crippen molar-refractivity contribution in [3.05, 3.63) is 6.92 Å². The van der Waals surface area contributed by atoms with Gasteiger partial charge in [0.2, 0.25) is 0 Å². The van der Waals surface area contributed by atoms with Crippen LogP contribution in [0, 0.1) is 6.92 Å². The summed E-state index contributed by atoms with van der Waals surface area (Å²) in [6.45, 7) is 6.83. The standard InChI is InChI=1S/C10H21O2/c1-10(2)12-9-7-5-3-4-6-8-11/h10-11H,1,3-9H2,2H3. The van der Waals surface area contributed by atoms with Crippen molar-refractivity contribution in [1.82, 2.24) is 0 Å². The molecule has 0 aromatic rings. The number of hydrogen-bond donors (Lipinski definition) is 1. The largest absolute Gasteiger partial charge is 0.396 e. The zero-order chi connectivity index (χ0) is 9.23. The highest BCUT2D eigenvalue weighted by atomic mass is 16.5. The van der Waals surface area contributed by atoms with E-state index in [0.717, 1.165) is 25.9 Å². The van der Waals surface area contributed by atoms with Gasteiger partial charge in [-0.1, -0.05) is 19.3 Å². The van der Waals surface area contributed by atoms with E-state index in [2.05, 4.69) is 6.92 Å². The SMILES string of the molecule is [CH2]C(C)OCCCCCCCO. The Balaban J connectivity index is 2.82. The molecular formula is C10H21O2. The summed E-state index contributed by atoms with van der Waals surface area (Å²) in [5, 5.41) is 8.51. The molecule has 0 saturated carbocycles. The predicted octanol–water partition coefficient (Wildman–Crippen LogP) is 2.17. The molecule has 73 valence electrons. The van der Waals surface area contributed by atoms with Crippen molar-refractivity contribution in [3.63, 3.8) is 0 Å². The molecule has 0 aliphatic carbocycles. The Hall–Kier alpha value is -0.0800. The quantitative estimate of drug-likeness (QED) is 0.570. The first-order valence-electron chi connectivity index (χ1n) is 4.83. The van der Waals surface area contributed by atoms with Gasteiger partial charge in [-0.3, -0.25) is 0 Å². The second-order valence-corrected chi connectivity index (χ2v) is 3.17. The first-order valence-corrected chi connectivity index (χ1v) is 4.83. The summed E-state index contributed by atoms with van der Waals surface area (Å²) in [7, 11) is 0. The van der Waals surface area contributed by atoms with Gasteiger partial charge < -0.3 is 9.84 Å². The van der Waals surface area contributed by atoms with Crippen LogP contribution in [0.2, 0.25) is 0 Å². The third-order valence-corrected chi connectivity index (χ3v) is 1.70. The zero-order valence-corrected chi connectivity index (χ0v) is 8.09. The highest BCUT2D eigenvalue weighted by molar-refractivity contribution is 4.50. The summed E-state index contributed by atoms with van der Waals surface area (Å²) in [6.07, 6.45) is 5.71. The number of rotatable bonds is 8. The van der Waals surface area contributed by atoms with Crippen molar-refractivity contribution in [2.45, 2.75) is 45.1 Å². The van der Waals surface area contributed by atoms with E-state index in [-0.39, 0.29) is 6.10 Å². The van der Waals surface area contributed by atoms with Crippen molar-refractivity contribution in [2.24, 2.45) is 0 Å². The topological polar surface area (TPSA) is 29.5 Å². The first kappa shape index (κ1) is 11.9. The van der Waals surface area contributed by atoms with Gasteiger partial charge in [0, 0.05) is 13.2 Å². The smallest absolute Gasteiger partial charge is 0.0547 e. The molecule has 0 bridgehead atoms. The minimum absolute atomic E-state index is 0.113. The van der Waals surface area contributed by atoms with Crippen LogP contribution in [0.4, 0.5) is 0 Å². The minimum atomic E-state index is 0.113. The highest BCUT2D eigenvalue weighted by Crippen LogP contribution is 2.03. The van der Waals surface area contributed by atoms with Crippen LogP contribution < -0.4 is 0 Å². The molecule has 2 nitrogen and oxygen atoms in total. The molecule has 0 rings (SSSR count). The average molecular weight is 173 g/mol. The Kier molecular flexibility index (Phi) is 8.95. The second-order valence-electron chi connectivity index (χ2n) is 3.17. The van der Waals surface area contributed by atoms with E-state index in [1.807, 2.05) is 6.92 Å². The van der Waals surface area contributed by atoms with Crippen molar-refractivity contribution in [1.29, 1.82) is 0 Å². The van der Waals surface area contributed by atoms with E-state index < -0.39 is 0 Å². The van der Waals surface area contributed by atoms with Crippen LogP contribution in [0.15, 0.2) is 0 Å². The van der Waals surface area contributed by atoms with Crippen LogP contribution in [-0.2, 0) is 4.74 Å². The van der Waals surface area contributed by atoms with Crippen LogP contribution in [0.25, 0.3) is 0 Å². The summed E-state index contributed by atoms with van der Waals surface area (Å²) < 4.78 is 5.29. The summed E-state index contributed by atoms with van der Waals surface area (Å²) in [6, 6.07) is 0. The van der Waals surface area contributed by atoms with Crippen LogP contribution in [-0.4, -0.2) is 24.4 Å². The third kappa shape index (κ3) is 9.92. The van der Waals surface area contributed by atoms with Crippen LogP contribution in [0.5, 0.6) is 0 Å². The maximum atomic E-state index is 8.51. The minimum Gasteiger partial charge on any atom is -0.396 e. The van der Waals surface area contributed by atoms with Gasteiger partial charge in [-0.25, -0.2) is 0 Å². The summed E-state index contributed by atoms with van der Waals surface area (Å²) in [5.41, 5.74) is 0. The molecule has 0 saturated heterocycles. The number of hydrogen-bond acceptors (Lipinski definition) is 2. The van der Waals surface area contributed by atoms with Crippen molar-refractivity contribution in [3.8, 4) is 0 Å². The Morgan fingerprint density at radius 2 is 1.75 bits per heavy atom. The molecule has 0 aliphatic heterocycles. The Labute approximate surface area is 75.9 Å². The Morgan fingerprint density at radius 1 is 1.17 bits per heavy atom. The van der Waals surface area contributed by atoms with Crippen molar-refractivity contribution >= 4 is 0 Å². The van der Waals surface area contributed by atoms with Gasteiger partial charge >= 0.3 is 0 Å². The van der Waals surface area contributed by atoms with Gasteiger partial charge in [0.15, 0.2) is 0 Å². The molecule has 1 N–H and O–H groups in total. The molecule has 0 amide bonds. The van der Waals surface area contributed by atoms with E-state index in [1.165, 1.54) is 12.8 Å². The van der Waals surface area contributed by atoms with Crippen molar-refractivity contribution in [2.75, 3.05) is 13.2 Å². The number of aliphatic hydroxyl groups excluding tert-OH is 1. The van der Waals surface area contributed by atoms with E-state index in [1.54, 1.807) is 0 Å². The summed E-state index contributed by atoms with van der Waals surface area (Å²) in [4.78, 5) is 0. The fourth-order valence-electron chi connectivity index (χ4n) is 1.03. The van der Waals surface area contributed by atoms with Gasteiger partial charge in [0.1, 0.15) is 0 Å². The van der Waals surface area contributed by atoms with Crippen molar-refractivity contribution < 1.29 is 9.84 Å². The lowest BCUT2D eigenvalue weighted by Crippen LogP contribution is -2.03. The third-order valence-electron chi connectivity index (χ3n) is 1.70. The average Bonchev–Trinajstić information content (AvgIpc) is 2.02. The highest BCUT2D eigenvalue weighted by Gasteiger charge is 1.93. The van der Waals surface area contributed by atoms with E-state index in [4.69, 9.17) is 9.84 Å². The molecule has 0 aliphatic rings. The van der Waals surface area contributed by atoms with Gasteiger partial charge in [-0.05, 0) is 26.7 Å². The molecule has 12 heavy (non-hydrogen) atoms. The lowest BCUT2D eigenvalue weighted by Gasteiger charge is -2.06. The first-order chi connectivity index (χ1) is 5.77. The van der Waals surface area contributed by atoms with E-state index in [0.29, 0.717) is 6.61 Å². The number of aliphatic hydroxyl groups is 1. The van der Waals surface area contributed by atoms with Gasteiger partial charge in [-0.15, -0.1) is 0 Å². The molecule has 1 atom stereocenters. The van der Waals surface area contributed by atoms with Crippen LogP contribution in [0.3, 0.4) is 0 Å². The molecule has 1 radical (unpaired) electrons. The lowest BCUT2D eigenvalue weighted by molar-refractivity contribution is 0.0921. The van der Waals surface area contributed by atoms with E-state index in [9.17, 15) is 0 Å². The van der Waals surface area contributed by atoms with Gasteiger partial charge in [-0.2, -0.15) is 0 Å². The zero-order valence-electron chi connectivity index (χ0n) is 8.09. The maximum Gasteiger partial charge on any atom is 0.0547 e. The Bertz CT molecular complexity index is 81.9. The monoisotopic (exact) mass is 173 g/mol. The molecule has 1 unspecified atom stereocenters. The van der Waals surface area contributed by atoms with E-state index >= 15 is 0 Å². The Morgan fingerprint density at radius 3 is 2.33 bits per heavy atom. The normalized spacial score (nSPS) is 11.0. The predicted molar refractivity (Wildman–Crippen MR) is 50.9 cm³/mol. The molecule has 0 spiro atoms. The second kappa shape index (κ2) is 9.01. The fraction of sp³-hybridized carbons (Fsp3) is 0.900.